The molecule has 7 heteroatoms. The Morgan fingerprint density at radius 2 is 1.72 bits per heavy atom. The van der Waals surface area contributed by atoms with Gasteiger partial charge in [-0.2, -0.15) is 0 Å². The third kappa shape index (κ3) is 4.69. The lowest BCUT2D eigenvalue weighted by Crippen LogP contribution is -2.50. The fraction of sp³-hybridized carbons (Fsp3) is 0.278. The van der Waals surface area contributed by atoms with Gasteiger partial charge in [0.25, 0.3) is 0 Å². The van der Waals surface area contributed by atoms with Gasteiger partial charge in [0.2, 0.25) is 0 Å². The molecular weight excluding hydrogens is 377 g/mol. The zero-order valence-electron chi connectivity index (χ0n) is 13.8. The lowest BCUT2D eigenvalue weighted by atomic mass is 10.2. The Bertz CT molecular complexity index is 743. The fourth-order valence-electron chi connectivity index (χ4n) is 2.80. The van der Waals surface area contributed by atoms with Gasteiger partial charge in [-0.25, -0.2) is 0 Å². The van der Waals surface area contributed by atoms with E-state index in [2.05, 4.69) is 27.2 Å². The van der Waals surface area contributed by atoms with E-state index in [1.165, 1.54) is 5.69 Å². The first-order chi connectivity index (χ1) is 12.0. The van der Waals surface area contributed by atoms with Crippen LogP contribution in [0.15, 0.2) is 42.5 Å². The van der Waals surface area contributed by atoms with Gasteiger partial charge in [-0.1, -0.05) is 29.3 Å². The molecular formula is C18H19Cl2N3OS. The molecule has 1 N–H and O–H groups in total. The van der Waals surface area contributed by atoms with Crippen molar-refractivity contribution in [2.45, 2.75) is 0 Å². The number of thiocarbonyl (C=S) groups is 1. The largest absolute Gasteiger partial charge is 0.497 e. The van der Waals surface area contributed by atoms with Gasteiger partial charge in [0, 0.05) is 53.7 Å². The Morgan fingerprint density at radius 3 is 2.36 bits per heavy atom. The quantitative estimate of drug-likeness (QED) is 0.771. The lowest BCUT2D eigenvalue weighted by Gasteiger charge is -2.37. The van der Waals surface area contributed by atoms with Crippen LogP contribution in [-0.2, 0) is 0 Å². The van der Waals surface area contributed by atoms with Crippen molar-refractivity contribution in [2.75, 3.05) is 43.5 Å². The molecule has 2 aromatic carbocycles. The molecule has 1 aliphatic heterocycles. The molecule has 0 atom stereocenters. The molecule has 132 valence electrons. The van der Waals surface area contributed by atoms with Crippen LogP contribution < -0.4 is 15.0 Å². The third-order valence-electron chi connectivity index (χ3n) is 4.10. The summed E-state index contributed by atoms with van der Waals surface area (Å²) >= 11 is 17.6. The molecule has 0 spiro atoms. The topological polar surface area (TPSA) is 27.7 Å². The summed E-state index contributed by atoms with van der Waals surface area (Å²) in [5.41, 5.74) is 1.97. The second-order valence-electron chi connectivity index (χ2n) is 5.76. The molecule has 1 saturated heterocycles. The number of hydrogen-bond donors (Lipinski definition) is 1. The van der Waals surface area contributed by atoms with E-state index in [4.69, 9.17) is 40.2 Å². The number of halogens is 2. The highest BCUT2D eigenvalue weighted by molar-refractivity contribution is 7.80. The van der Waals surface area contributed by atoms with Crippen molar-refractivity contribution in [1.82, 2.24) is 4.90 Å². The average molecular weight is 396 g/mol. The van der Waals surface area contributed by atoms with Crippen LogP contribution >= 0.6 is 35.4 Å². The molecule has 1 aliphatic rings. The number of nitrogens with zero attached hydrogens (tertiary/aromatic N) is 2. The van der Waals surface area contributed by atoms with Crippen molar-refractivity contribution in [3.05, 3.63) is 52.5 Å². The van der Waals surface area contributed by atoms with Gasteiger partial charge in [-0.15, -0.1) is 0 Å². The molecule has 1 fully saturated rings. The van der Waals surface area contributed by atoms with Crippen molar-refractivity contribution in [1.29, 1.82) is 0 Å². The Kier molecular flexibility index (Phi) is 5.89. The van der Waals surface area contributed by atoms with E-state index in [0.717, 1.165) is 37.6 Å². The zero-order chi connectivity index (χ0) is 17.8. The Balaban J connectivity index is 1.58. The number of hydrogen-bond acceptors (Lipinski definition) is 3. The van der Waals surface area contributed by atoms with Gasteiger partial charge in [-0.3, -0.25) is 0 Å². The standard InChI is InChI=1S/C18H19Cl2N3OS/c1-24-17-4-2-3-16(12-17)22-5-7-23(8-6-22)18(25)21-15-10-13(19)9-14(20)11-15/h2-4,9-12H,5-8H2,1H3,(H,21,25). The Hall–Kier alpha value is -1.69. The summed E-state index contributed by atoms with van der Waals surface area (Å²) in [4.78, 5) is 4.48. The van der Waals surface area contributed by atoms with Gasteiger partial charge in [0.15, 0.2) is 5.11 Å². The normalized spacial score (nSPS) is 14.4. The van der Waals surface area contributed by atoms with Crippen LogP contribution in [0.3, 0.4) is 0 Å². The predicted octanol–water partition coefficient (Wildman–Crippen LogP) is 4.52. The molecule has 0 aliphatic carbocycles. The van der Waals surface area contributed by atoms with Crippen molar-refractivity contribution in [2.24, 2.45) is 0 Å². The summed E-state index contributed by atoms with van der Waals surface area (Å²) in [6, 6.07) is 13.4. The van der Waals surface area contributed by atoms with Gasteiger partial charge in [0.05, 0.1) is 7.11 Å². The lowest BCUT2D eigenvalue weighted by molar-refractivity contribution is 0.389. The molecule has 0 unspecified atom stereocenters. The minimum Gasteiger partial charge on any atom is -0.497 e. The number of rotatable bonds is 3. The summed E-state index contributed by atoms with van der Waals surface area (Å²) in [5.74, 6) is 0.870. The SMILES string of the molecule is COc1cccc(N2CCN(C(=S)Nc3cc(Cl)cc(Cl)c3)CC2)c1. The number of anilines is 2. The first-order valence-corrected chi connectivity index (χ1v) is 9.12. The number of methoxy groups -OCH3 is 1. The molecule has 2 aromatic rings. The van der Waals surface area contributed by atoms with E-state index < -0.39 is 0 Å². The minimum absolute atomic E-state index is 0.584. The molecule has 0 amide bonds. The summed E-state index contributed by atoms with van der Waals surface area (Å²) in [5, 5.41) is 5.07. The van der Waals surface area contributed by atoms with Gasteiger partial charge < -0.3 is 19.9 Å². The van der Waals surface area contributed by atoms with E-state index >= 15 is 0 Å². The maximum absolute atomic E-state index is 6.03. The molecule has 0 saturated carbocycles. The van der Waals surface area contributed by atoms with Crippen molar-refractivity contribution >= 4 is 51.9 Å². The van der Waals surface area contributed by atoms with Crippen LogP contribution in [0.2, 0.25) is 10.0 Å². The number of ether oxygens (including phenoxy) is 1. The molecule has 0 aromatic heterocycles. The molecule has 0 bridgehead atoms. The smallest absolute Gasteiger partial charge is 0.173 e. The molecule has 0 radical (unpaired) electrons. The monoisotopic (exact) mass is 395 g/mol. The van der Waals surface area contributed by atoms with Crippen LogP contribution in [0.1, 0.15) is 0 Å². The second-order valence-corrected chi connectivity index (χ2v) is 7.02. The van der Waals surface area contributed by atoms with Gasteiger partial charge in [-0.05, 0) is 42.5 Å². The van der Waals surface area contributed by atoms with Crippen LogP contribution in [-0.4, -0.2) is 43.3 Å². The first-order valence-electron chi connectivity index (χ1n) is 7.96. The maximum atomic E-state index is 6.03. The number of nitrogens with one attached hydrogen (secondary N) is 1. The highest BCUT2D eigenvalue weighted by Crippen LogP contribution is 2.24. The van der Waals surface area contributed by atoms with E-state index in [-0.39, 0.29) is 0 Å². The van der Waals surface area contributed by atoms with Crippen LogP contribution in [0, 0.1) is 0 Å². The zero-order valence-corrected chi connectivity index (χ0v) is 16.2. The minimum atomic E-state index is 0.584. The van der Waals surface area contributed by atoms with Crippen LogP contribution in [0.25, 0.3) is 0 Å². The van der Waals surface area contributed by atoms with Gasteiger partial charge in [0.1, 0.15) is 5.75 Å². The molecule has 3 rings (SSSR count). The highest BCUT2D eigenvalue weighted by Gasteiger charge is 2.19. The van der Waals surface area contributed by atoms with Crippen molar-refractivity contribution < 1.29 is 4.74 Å². The predicted molar refractivity (Wildman–Crippen MR) is 109 cm³/mol. The Labute approximate surface area is 163 Å². The van der Waals surface area contributed by atoms with E-state index in [1.807, 2.05) is 24.3 Å². The van der Waals surface area contributed by atoms with E-state index in [9.17, 15) is 0 Å². The summed E-state index contributed by atoms with van der Waals surface area (Å²) in [6.07, 6.45) is 0. The number of benzene rings is 2. The average Bonchev–Trinajstić information content (AvgIpc) is 2.61. The first kappa shape index (κ1) is 18.1. The Morgan fingerprint density at radius 1 is 1.04 bits per heavy atom. The van der Waals surface area contributed by atoms with Crippen LogP contribution in [0.5, 0.6) is 5.75 Å². The van der Waals surface area contributed by atoms with E-state index in [0.29, 0.717) is 15.2 Å². The molecule has 25 heavy (non-hydrogen) atoms. The summed E-state index contributed by atoms with van der Waals surface area (Å²) in [7, 11) is 1.68. The van der Waals surface area contributed by atoms with Gasteiger partial charge >= 0.3 is 0 Å². The van der Waals surface area contributed by atoms with Crippen LogP contribution in [0.4, 0.5) is 11.4 Å². The fourth-order valence-corrected chi connectivity index (χ4v) is 3.63. The summed E-state index contributed by atoms with van der Waals surface area (Å²) < 4.78 is 5.30. The molecule has 4 nitrogen and oxygen atoms in total. The molecule has 1 heterocycles. The van der Waals surface area contributed by atoms with Crippen molar-refractivity contribution in [3.63, 3.8) is 0 Å². The second kappa shape index (κ2) is 8.13. The number of piperazine rings is 1. The van der Waals surface area contributed by atoms with E-state index in [1.54, 1.807) is 13.2 Å². The maximum Gasteiger partial charge on any atom is 0.173 e. The van der Waals surface area contributed by atoms with Crippen molar-refractivity contribution in [3.8, 4) is 5.75 Å². The highest BCUT2D eigenvalue weighted by atomic mass is 35.5. The third-order valence-corrected chi connectivity index (χ3v) is 4.90. The summed E-state index contributed by atoms with van der Waals surface area (Å²) in [6.45, 7) is 3.48.